The molecule has 0 saturated heterocycles. The number of aromatic nitrogens is 1. The van der Waals surface area contributed by atoms with E-state index in [1.54, 1.807) is 13.3 Å². The first-order valence-corrected chi connectivity index (χ1v) is 5.92. The maximum atomic E-state index is 5.67. The average Bonchev–Trinajstić information content (AvgIpc) is 2.23. The van der Waals surface area contributed by atoms with Gasteiger partial charge >= 0.3 is 0 Å². The second kappa shape index (κ2) is 4.98. The van der Waals surface area contributed by atoms with Crippen molar-refractivity contribution in [2.75, 3.05) is 7.11 Å². The summed E-state index contributed by atoms with van der Waals surface area (Å²) in [5.74, 6) is 1.43. The van der Waals surface area contributed by atoms with Gasteiger partial charge in [0.25, 0.3) is 0 Å². The summed E-state index contributed by atoms with van der Waals surface area (Å²) in [7, 11) is 1.63. The van der Waals surface area contributed by atoms with Crippen molar-refractivity contribution in [2.24, 2.45) is 0 Å². The highest BCUT2D eigenvalue weighted by atomic mass is 127. The molecule has 0 atom stereocenters. The monoisotopic (exact) mass is 320 g/mol. The van der Waals surface area contributed by atoms with Crippen molar-refractivity contribution in [2.45, 2.75) is 25.0 Å². The first kappa shape index (κ1) is 10.9. The molecule has 2 rings (SSSR count). The van der Waals surface area contributed by atoms with Crippen molar-refractivity contribution in [3.8, 4) is 11.6 Å². The van der Waals surface area contributed by atoms with Gasteiger partial charge in [-0.05, 0) is 6.07 Å². The Morgan fingerprint density at radius 3 is 2.80 bits per heavy atom. The van der Waals surface area contributed by atoms with Crippen LogP contribution in [0.5, 0.6) is 11.6 Å². The standard InChI is InChI=1S/C10H13IN2O2/c1-14-8-2-3-10(12-6-8)15-9-4-7(5-9)13-11/h2-3,6-7,9,13H,4-5H2,1H3/t7-,9+. The summed E-state index contributed by atoms with van der Waals surface area (Å²) in [6.07, 6.45) is 4.08. The van der Waals surface area contributed by atoms with Crippen LogP contribution < -0.4 is 13.0 Å². The number of hydrogen-bond acceptors (Lipinski definition) is 4. The fourth-order valence-electron chi connectivity index (χ4n) is 1.48. The zero-order valence-electron chi connectivity index (χ0n) is 8.44. The van der Waals surface area contributed by atoms with Gasteiger partial charge in [-0.25, -0.2) is 4.98 Å². The Balaban J connectivity index is 1.84. The SMILES string of the molecule is COc1ccc(O[C@H]2C[C@@H](NI)C2)nc1. The van der Waals surface area contributed by atoms with Gasteiger partial charge in [0.15, 0.2) is 0 Å². The van der Waals surface area contributed by atoms with E-state index in [1.807, 2.05) is 12.1 Å². The molecule has 15 heavy (non-hydrogen) atoms. The van der Waals surface area contributed by atoms with Crippen LogP contribution in [0.1, 0.15) is 12.8 Å². The van der Waals surface area contributed by atoms with Crippen LogP contribution >= 0.6 is 22.9 Å². The van der Waals surface area contributed by atoms with E-state index in [0.29, 0.717) is 18.0 Å². The van der Waals surface area contributed by atoms with Gasteiger partial charge in [0.1, 0.15) is 11.9 Å². The van der Waals surface area contributed by atoms with E-state index in [2.05, 4.69) is 31.4 Å². The van der Waals surface area contributed by atoms with E-state index in [1.165, 1.54) is 0 Å². The van der Waals surface area contributed by atoms with Crippen LogP contribution in [0.4, 0.5) is 0 Å². The molecule has 5 heteroatoms. The topological polar surface area (TPSA) is 43.4 Å². The summed E-state index contributed by atoms with van der Waals surface area (Å²) in [4.78, 5) is 4.15. The van der Waals surface area contributed by atoms with Crippen molar-refractivity contribution >= 4 is 22.9 Å². The summed E-state index contributed by atoms with van der Waals surface area (Å²) in [5, 5.41) is 0. The smallest absolute Gasteiger partial charge is 0.213 e. The lowest BCUT2D eigenvalue weighted by Gasteiger charge is -2.33. The zero-order valence-corrected chi connectivity index (χ0v) is 10.6. The van der Waals surface area contributed by atoms with Crippen molar-refractivity contribution in [3.05, 3.63) is 18.3 Å². The molecule has 1 fully saturated rings. The van der Waals surface area contributed by atoms with Gasteiger partial charge in [-0.15, -0.1) is 0 Å². The highest BCUT2D eigenvalue weighted by molar-refractivity contribution is 14.1. The van der Waals surface area contributed by atoms with Crippen molar-refractivity contribution < 1.29 is 9.47 Å². The van der Waals surface area contributed by atoms with E-state index >= 15 is 0 Å². The highest BCUT2D eigenvalue weighted by Gasteiger charge is 2.30. The molecule has 1 aliphatic carbocycles. The number of pyridine rings is 1. The molecular weight excluding hydrogens is 307 g/mol. The quantitative estimate of drug-likeness (QED) is 0.680. The third-order valence-corrected chi connectivity index (χ3v) is 3.36. The number of nitrogens with one attached hydrogen (secondary N) is 1. The summed E-state index contributed by atoms with van der Waals surface area (Å²) in [6.45, 7) is 0. The van der Waals surface area contributed by atoms with E-state index in [0.717, 1.165) is 18.6 Å². The normalized spacial score (nSPS) is 24.4. The fraction of sp³-hybridized carbons (Fsp3) is 0.500. The largest absolute Gasteiger partial charge is 0.495 e. The Bertz CT molecular complexity index is 312. The number of nitrogens with zero attached hydrogens (tertiary/aromatic N) is 1. The Morgan fingerprint density at radius 2 is 2.27 bits per heavy atom. The van der Waals surface area contributed by atoms with Gasteiger partial charge in [0, 0.05) is 47.8 Å². The molecule has 82 valence electrons. The molecule has 1 aromatic heterocycles. The van der Waals surface area contributed by atoms with Crippen molar-refractivity contribution in [1.29, 1.82) is 0 Å². The van der Waals surface area contributed by atoms with Crippen LogP contribution in [0, 0.1) is 0 Å². The second-order valence-corrected chi connectivity index (χ2v) is 4.18. The highest BCUT2D eigenvalue weighted by Crippen LogP contribution is 2.26. The van der Waals surface area contributed by atoms with Crippen molar-refractivity contribution in [3.63, 3.8) is 0 Å². The van der Waals surface area contributed by atoms with Crippen molar-refractivity contribution in [1.82, 2.24) is 8.51 Å². The summed E-state index contributed by atoms with van der Waals surface area (Å²) >= 11 is 2.18. The molecule has 1 aromatic rings. The van der Waals surface area contributed by atoms with E-state index in [9.17, 15) is 0 Å². The Labute approximate surface area is 103 Å². The Morgan fingerprint density at radius 1 is 1.47 bits per heavy atom. The molecule has 1 saturated carbocycles. The fourth-order valence-corrected chi connectivity index (χ4v) is 1.99. The molecule has 1 heterocycles. The van der Waals surface area contributed by atoms with Crippen LogP contribution in [0.15, 0.2) is 18.3 Å². The van der Waals surface area contributed by atoms with Crippen LogP contribution in [0.2, 0.25) is 0 Å². The lowest BCUT2D eigenvalue weighted by Crippen LogP contribution is -2.43. The zero-order chi connectivity index (χ0) is 10.7. The number of halogens is 1. The summed E-state index contributed by atoms with van der Waals surface area (Å²) in [6, 6.07) is 4.28. The van der Waals surface area contributed by atoms with E-state index < -0.39 is 0 Å². The first-order valence-electron chi connectivity index (χ1n) is 4.84. The minimum absolute atomic E-state index is 0.304. The minimum atomic E-state index is 0.304. The number of rotatable bonds is 4. The molecule has 0 radical (unpaired) electrons. The third-order valence-electron chi connectivity index (χ3n) is 2.48. The second-order valence-electron chi connectivity index (χ2n) is 3.55. The van der Waals surface area contributed by atoms with E-state index in [4.69, 9.17) is 9.47 Å². The maximum Gasteiger partial charge on any atom is 0.213 e. The number of ether oxygens (including phenoxy) is 2. The predicted molar refractivity (Wildman–Crippen MR) is 65.4 cm³/mol. The molecule has 4 nitrogen and oxygen atoms in total. The van der Waals surface area contributed by atoms with Gasteiger partial charge in [-0.3, -0.25) is 3.53 Å². The average molecular weight is 320 g/mol. The van der Waals surface area contributed by atoms with Gasteiger partial charge in [-0.2, -0.15) is 0 Å². The van der Waals surface area contributed by atoms with E-state index in [-0.39, 0.29) is 0 Å². The Hall–Kier alpha value is -0.560. The van der Waals surface area contributed by atoms with Crippen LogP contribution in [0.25, 0.3) is 0 Å². The molecule has 0 bridgehead atoms. The van der Waals surface area contributed by atoms with Crippen LogP contribution in [-0.2, 0) is 0 Å². The number of methoxy groups -OCH3 is 1. The molecule has 1 N–H and O–H groups in total. The molecular formula is C10H13IN2O2. The summed E-state index contributed by atoms with van der Waals surface area (Å²) in [5.41, 5.74) is 0. The first-order chi connectivity index (χ1) is 7.31. The number of hydrogen-bond donors (Lipinski definition) is 1. The minimum Gasteiger partial charge on any atom is -0.495 e. The van der Waals surface area contributed by atoms with Crippen LogP contribution in [-0.4, -0.2) is 24.2 Å². The van der Waals surface area contributed by atoms with Gasteiger partial charge in [0.05, 0.1) is 13.3 Å². The van der Waals surface area contributed by atoms with Crippen LogP contribution in [0.3, 0.4) is 0 Å². The van der Waals surface area contributed by atoms with Gasteiger partial charge < -0.3 is 9.47 Å². The molecule has 0 spiro atoms. The molecule has 0 aliphatic heterocycles. The van der Waals surface area contributed by atoms with Gasteiger partial charge in [0.2, 0.25) is 5.88 Å². The Kier molecular flexibility index (Phi) is 3.63. The molecule has 0 aromatic carbocycles. The predicted octanol–water partition coefficient (Wildman–Crippen LogP) is 1.94. The van der Waals surface area contributed by atoms with Gasteiger partial charge in [-0.1, -0.05) is 0 Å². The molecule has 1 aliphatic rings. The molecule has 0 amide bonds. The maximum absolute atomic E-state index is 5.67. The summed E-state index contributed by atoms with van der Waals surface area (Å²) < 4.78 is 13.9. The lowest BCUT2D eigenvalue weighted by atomic mass is 9.90. The molecule has 0 unspecified atom stereocenters. The lowest BCUT2D eigenvalue weighted by molar-refractivity contribution is 0.0923. The third kappa shape index (κ3) is 2.72.